The minimum atomic E-state index is -3.70. The van der Waals surface area contributed by atoms with Crippen molar-refractivity contribution >= 4 is 21.7 Å². The number of ether oxygens (including phenoxy) is 1. The fourth-order valence-corrected chi connectivity index (χ4v) is 3.61. The standard InChI is InChI=1S/C20H22N4O3S/c1-3-15-8-10-17(11-9-15)28(25,26)24-20-13-12-19(22-23-20)21-14-16-6-4-5-7-18(16)27-2/h4-13H,3,14H2,1-2H3,(H,21,22)(H,23,24). The molecular formula is C20H22N4O3S. The van der Waals surface area contributed by atoms with Crippen molar-refractivity contribution in [3.63, 3.8) is 0 Å². The second-order valence-corrected chi connectivity index (χ2v) is 7.75. The summed E-state index contributed by atoms with van der Waals surface area (Å²) in [6.45, 7) is 2.52. The minimum absolute atomic E-state index is 0.155. The highest BCUT2D eigenvalue weighted by atomic mass is 32.2. The smallest absolute Gasteiger partial charge is 0.263 e. The van der Waals surface area contributed by atoms with Gasteiger partial charge < -0.3 is 10.1 Å². The van der Waals surface area contributed by atoms with Crippen LogP contribution in [0.3, 0.4) is 0 Å². The molecule has 0 fully saturated rings. The van der Waals surface area contributed by atoms with E-state index in [1.165, 1.54) is 0 Å². The molecule has 3 aromatic rings. The molecule has 0 radical (unpaired) electrons. The van der Waals surface area contributed by atoms with Crippen LogP contribution in [0.1, 0.15) is 18.1 Å². The van der Waals surface area contributed by atoms with Crippen molar-refractivity contribution in [2.24, 2.45) is 0 Å². The Morgan fingerprint density at radius 1 is 0.929 bits per heavy atom. The largest absolute Gasteiger partial charge is 0.496 e. The van der Waals surface area contributed by atoms with Crippen molar-refractivity contribution in [1.29, 1.82) is 0 Å². The molecule has 0 aliphatic heterocycles. The number of para-hydroxylation sites is 1. The Morgan fingerprint density at radius 2 is 1.61 bits per heavy atom. The number of hydrogen-bond donors (Lipinski definition) is 2. The number of aromatic nitrogens is 2. The second kappa shape index (κ2) is 8.71. The first kappa shape index (κ1) is 19.6. The number of rotatable bonds is 8. The summed E-state index contributed by atoms with van der Waals surface area (Å²) in [6, 6.07) is 17.6. The van der Waals surface area contributed by atoms with Crippen LogP contribution >= 0.6 is 0 Å². The van der Waals surface area contributed by atoms with Gasteiger partial charge in [-0.2, -0.15) is 0 Å². The minimum Gasteiger partial charge on any atom is -0.496 e. The normalized spacial score (nSPS) is 11.1. The molecule has 0 unspecified atom stereocenters. The van der Waals surface area contributed by atoms with Gasteiger partial charge in [-0.05, 0) is 42.3 Å². The summed E-state index contributed by atoms with van der Waals surface area (Å²) in [5.41, 5.74) is 2.05. The summed E-state index contributed by atoms with van der Waals surface area (Å²) in [6.07, 6.45) is 0.850. The monoisotopic (exact) mass is 398 g/mol. The lowest BCUT2D eigenvalue weighted by molar-refractivity contribution is 0.410. The van der Waals surface area contributed by atoms with Crippen molar-refractivity contribution < 1.29 is 13.2 Å². The lowest BCUT2D eigenvalue weighted by Crippen LogP contribution is -2.14. The van der Waals surface area contributed by atoms with Gasteiger partial charge >= 0.3 is 0 Å². The van der Waals surface area contributed by atoms with Crippen LogP contribution in [-0.2, 0) is 23.0 Å². The Kier molecular flexibility index (Phi) is 6.10. The van der Waals surface area contributed by atoms with Gasteiger partial charge in [0, 0.05) is 12.1 Å². The number of anilines is 2. The van der Waals surface area contributed by atoms with Crippen molar-refractivity contribution in [1.82, 2.24) is 10.2 Å². The van der Waals surface area contributed by atoms with Crippen molar-refractivity contribution in [2.45, 2.75) is 24.8 Å². The van der Waals surface area contributed by atoms with E-state index in [4.69, 9.17) is 4.74 Å². The van der Waals surface area contributed by atoms with E-state index in [1.807, 2.05) is 31.2 Å². The average Bonchev–Trinajstić information content (AvgIpc) is 2.73. The fourth-order valence-electron chi connectivity index (χ4n) is 2.62. The highest BCUT2D eigenvalue weighted by molar-refractivity contribution is 7.92. The van der Waals surface area contributed by atoms with Gasteiger partial charge in [-0.3, -0.25) is 4.72 Å². The van der Waals surface area contributed by atoms with Crippen LogP contribution in [0, 0.1) is 0 Å². The third-order valence-corrected chi connectivity index (χ3v) is 5.57. The number of hydrogen-bond acceptors (Lipinski definition) is 6. The van der Waals surface area contributed by atoms with Crippen LogP contribution in [0.4, 0.5) is 11.6 Å². The van der Waals surface area contributed by atoms with E-state index in [-0.39, 0.29) is 10.7 Å². The van der Waals surface area contributed by atoms with Crippen LogP contribution in [-0.4, -0.2) is 25.7 Å². The highest BCUT2D eigenvalue weighted by Gasteiger charge is 2.15. The summed E-state index contributed by atoms with van der Waals surface area (Å²) < 4.78 is 32.7. The van der Waals surface area contributed by atoms with E-state index in [1.54, 1.807) is 43.5 Å². The van der Waals surface area contributed by atoms with Gasteiger partial charge in [-0.25, -0.2) is 8.42 Å². The molecule has 0 saturated carbocycles. The van der Waals surface area contributed by atoms with Gasteiger partial charge in [0.1, 0.15) is 11.6 Å². The first-order valence-corrected chi connectivity index (χ1v) is 10.3. The number of aryl methyl sites for hydroxylation is 1. The van der Waals surface area contributed by atoms with Crippen molar-refractivity contribution in [3.05, 3.63) is 71.8 Å². The lowest BCUT2D eigenvalue weighted by Gasteiger charge is -2.10. The molecule has 8 heteroatoms. The van der Waals surface area contributed by atoms with E-state index in [0.29, 0.717) is 12.4 Å². The molecule has 1 heterocycles. The molecule has 28 heavy (non-hydrogen) atoms. The maximum absolute atomic E-state index is 12.5. The Morgan fingerprint density at radius 3 is 2.25 bits per heavy atom. The van der Waals surface area contributed by atoms with E-state index in [9.17, 15) is 8.42 Å². The summed E-state index contributed by atoms with van der Waals surface area (Å²) in [5, 5.41) is 11.1. The van der Waals surface area contributed by atoms with Crippen molar-refractivity contribution in [3.8, 4) is 5.75 Å². The number of methoxy groups -OCH3 is 1. The maximum atomic E-state index is 12.5. The number of nitrogens with zero attached hydrogens (tertiary/aromatic N) is 2. The van der Waals surface area contributed by atoms with E-state index < -0.39 is 10.0 Å². The third kappa shape index (κ3) is 4.77. The van der Waals surface area contributed by atoms with Crippen LogP contribution in [0.2, 0.25) is 0 Å². The maximum Gasteiger partial charge on any atom is 0.263 e. The summed E-state index contributed by atoms with van der Waals surface area (Å²) in [4.78, 5) is 0.185. The molecule has 0 spiro atoms. The summed E-state index contributed by atoms with van der Waals surface area (Å²) >= 11 is 0. The molecule has 1 aromatic heterocycles. The number of nitrogens with one attached hydrogen (secondary N) is 2. The molecule has 0 atom stereocenters. The lowest BCUT2D eigenvalue weighted by atomic mass is 10.2. The van der Waals surface area contributed by atoms with Crippen molar-refractivity contribution in [2.75, 3.05) is 17.1 Å². The Bertz CT molecular complexity index is 1020. The molecule has 2 aromatic carbocycles. The molecule has 3 rings (SSSR count). The van der Waals surface area contributed by atoms with Gasteiger partial charge in [-0.15, -0.1) is 10.2 Å². The molecular weight excluding hydrogens is 376 g/mol. The van der Waals surface area contributed by atoms with Crippen LogP contribution in [0.15, 0.2) is 65.6 Å². The molecule has 0 amide bonds. The number of sulfonamides is 1. The molecule has 0 saturated heterocycles. The molecule has 2 N–H and O–H groups in total. The van der Waals surface area contributed by atoms with Gasteiger partial charge in [0.25, 0.3) is 10.0 Å². The van der Waals surface area contributed by atoms with Gasteiger partial charge in [0.05, 0.1) is 12.0 Å². The van der Waals surface area contributed by atoms with Crippen LogP contribution in [0.25, 0.3) is 0 Å². The topological polar surface area (TPSA) is 93.2 Å². The van der Waals surface area contributed by atoms with Gasteiger partial charge in [0.2, 0.25) is 0 Å². The number of benzene rings is 2. The van der Waals surface area contributed by atoms with E-state index >= 15 is 0 Å². The Labute approximate surface area is 164 Å². The first-order chi connectivity index (χ1) is 13.5. The Balaban J connectivity index is 1.65. The zero-order valence-electron chi connectivity index (χ0n) is 15.7. The second-order valence-electron chi connectivity index (χ2n) is 6.07. The SMILES string of the molecule is CCc1ccc(S(=O)(=O)Nc2ccc(NCc3ccccc3OC)nn2)cc1. The summed E-state index contributed by atoms with van der Waals surface area (Å²) in [5.74, 6) is 1.46. The molecule has 0 bridgehead atoms. The van der Waals surface area contributed by atoms with E-state index in [2.05, 4.69) is 20.2 Å². The molecule has 146 valence electrons. The molecule has 7 nitrogen and oxygen atoms in total. The average molecular weight is 398 g/mol. The predicted molar refractivity (Wildman–Crippen MR) is 109 cm³/mol. The quantitative estimate of drug-likeness (QED) is 0.604. The third-order valence-electron chi connectivity index (χ3n) is 4.20. The zero-order valence-corrected chi connectivity index (χ0v) is 16.5. The highest BCUT2D eigenvalue weighted by Crippen LogP contribution is 2.19. The molecule has 0 aliphatic rings. The summed E-state index contributed by atoms with van der Waals surface area (Å²) in [7, 11) is -2.08. The van der Waals surface area contributed by atoms with Crippen LogP contribution in [0.5, 0.6) is 5.75 Å². The zero-order chi connectivity index (χ0) is 20.0. The van der Waals surface area contributed by atoms with Crippen LogP contribution < -0.4 is 14.8 Å². The first-order valence-electron chi connectivity index (χ1n) is 8.83. The predicted octanol–water partition coefficient (Wildman–Crippen LogP) is 3.46. The van der Waals surface area contributed by atoms with Gasteiger partial charge in [-0.1, -0.05) is 37.3 Å². The fraction of sp³-hybridized carbons (Fsp3) is 0.200. The van der Waals surface area contributed by atoms with E-state index in [0.717, 1.165) is 23.3 Å². The molecule has 0 aliphatic carbocycles. The van der Waals surface area contributed by atoms with Gasteiger partial charge in [0.15, 0.2) is 5.82 Å². The Hall–Kier alpha value is -3.13.